The first-order valence-corrected chi connectivity index (χ1v) is 6.41. The van der Waals surface area contributed by atoms with Gasteiger partial charge in [0.25, 0.3) is 0 Å². The van der Waals surface area contributed by atoms with Gasteiger partial charge in [-0.2, -0.15) is 5.10 Å². The van der Waals surface area contributed by atoms with Gasteiger partial charge >= 0.3 is 12.0 Å². The second-order valence-electron chi connectivity index (χ2n) is 4.62. The molecule has 0 spiro atoms. The third-order valence-electron chi connectivity index (χ3n) is 2.91. The Labute approximate surface area is 121 Å². The minimum Gasteiger partial charge on any atom is -0.481 e. The number of carbonyl (C=O) groups excluding carboxylic acids is 1. The summed E-state index contributed by atoms with van der Waals surface area (Å²) in [6.07, 6.45) is 3.26. The van der Waals surface area contributed by atoms with Gasteiger partial charge in [-0.25, -0.2) is 4.79 Å². The van der Waals surface area contributed by atoms with Crippen molar-refractivity contribution in [3.8, 4) is 0 Å². The first kappa shape index (κ1) is 14.6. The average molecular weight is 288 g/mol. The van der Waals surface area contributed by atoms with Gasteiger partial charge in [0.1, 0.15) is 0 Å². The molecule has 110 valence electrons. The van der Waals surface area contributed by atoms with E-state index in [1.54, 1.807) is 36.7 Å². The molecule has 21 heavy (non-hydrogen) atoms. The fourth-order valence-corrected chi connectivity index (χ4v) is 1.88. The number of hydrogen-bond donors (Lipinski definition) is 4. The Bertz CT molecular complexity index is 625. The Hall–Kier alpha value is -2.83. The largest absolute Gasteiger partial charge is 0.481 e. The maximum Gasteiger partial charge on any atom is 0.319 e. The van der Waals surface area contributed by atoms with Gasteiger partial charge < -0.3 is 15.7 Å². The number of benzene rings is 1. The van der Waals surface area contributed by atoms with Crippen LogP contribution in [0.4, 0.5) is 10.5 Å². The number of hydrogen-bond acceptors (Lipinski definition) is 3. The number of H-pyrrole nitrogens is 1. The van der Waals surface area contributed by atoms with Crippen molar-refractivity contribution in [3.05, 3.63) is 47.8 Å². The predicted octanol–water partition coefficient (Wildman–Crippen LogP) is 1.92. The molecule has 1 aromatic carbocycles. The molecule has 0 aliphatic carbocycles. The highest BCUT2D eigenvalue weighted by Crippen LogP contribution is 2.13. The van der Waals surface area contributed by atoms with E-state index in [4.69, 9.17) is 5.11 Å². The zero-order chi connectivity index (χ0) is 15.2. The van der Waals surface area contributed by atoms with Crippen molar-refractivity contribution >= 4 is 17.7 Å². The number of nitrogens with zero attached hydrogens (tertiary/aromatic N) is 1. The minimum absolute atomic E-state index is 0.0808. The lowest BCUT2D eigenvalue weighted by atomic mass is 10.1. The van der Waals surface area contributed by atoms with E-state index in [9.17, 15) is 9.59 Å². The lowest BCUT2D eigenvalue weighted by molar-refractivity contribution is -0.136. The average Bonchev–Trinajstić information content (AvgIpc) is 2.91. The topological polar surface area (TPSA) is 107 Å². The van der Waals surface area contributed by atoms with Crippen LogP contribution in [0.3, 0.4) is 0 Å². The summed E-state index contributed by atoms with van der Waals surface area (Å²) in [7, 11) is 0. The minimum atomic E-state index is -0.912. The second-order valence-corrected chi connectivity index (χ2v) is 4.62. The maximum atomic E-state index is 11.9. The molecule has 0 aliphatic heterocycles. The van der Waals surface area contributed by atoms with E-state index < -0.39 is 5.97 Å². The van der Waals surface area contributed by atoms with Crippen LogP contribution in [0, 0.1) is 0 Å². The third kappa shape index (κ3) is 4.34. The van der Waals surface area contributed by atoms with Gasteiger partial charge in [0.2, 0.25) is 0 Å². The number of anilines is 1. The molecular weight excluding hydrogens is 272 g/mol. The quantitative estimate of drug-likeness (QED) is 0.674. The maximum absolute atomic E-state index is 11.9. The predicted molar refractivity (Wildman–Crippen MR) is 76.9 cm³/mol. The zero-order valence-corrected chi connectivity index (χ0v) is 11.5. The van der Waals surface area contributed by atoms with Gasteiger partial charge in [0.05, 0.1) is 18.7 Å². The van der Waals surface area contributed by atoms with Crippen LogP contribution in [-0.2, 0) is 11.2 Å². The molecule has 0 aliphatic rings. The van der Waals surface area contributed by atoms with Crippen LogP contribution in [0.2, 0.25) is 0 Å². The molecule has 7 heteroatoms. The van der Waals surface area contributed by atoms with Crippen LogP contribution in [0.5, 0.6) is 0 Å². The fourth-order valence-electron chi connectivity index (χ4n) is 1.88. The number of aromatic amines is 1. The van der Waals surface area contributed by atoms with Crippen LogP contribution >= 0.6 is 0 Å². The summed E-state index contributed by atoms with van der Waals surface area (Å²) < 4.78 is 0. The summed E-state index contributed by atoms with van der Waals surface area (Å²) in [6, 6.07) is 6.18. The molecule has 7 nitrogen and oxygen atoms in total. The number of nitrogens with one attached hydrogen (secondary N) is 3. The van der Waals surface area contributed by atoms with Crippen molar-refractivity contribution in [3.63, 3.8) is 0 Å². The summed E-state index contributed by atoms with van der Waals surface area (Å²) in [5, 5.41) is 20.7. The fraction of sp³-hybridized carbons (Fsp3) is 0.214. The summed E-state index contributed by atoms with van der Waals surface area (Å²) >= 11 is 0. The zero-order valence-electron chi connectivity index (χ0n) is 11.5. The van der Waals surface area contributed by atoms with Gasteiger partial charge in [0.15, 0.2) is 0 Å². The molecule has 0 bridgehead atoms. The van der Waals surface area contributed by atoms with Crippen molar-refractivity contribution in [2.24, 2.45) is 0 Å². The van der Waals surface area contributed by atoms with Crippen molar-refractivity contribution < 1.29 is 14.7 Å². The van der Waals surface area contributed by atoms with Crippen molar-refractivity contribution in [2.45, 2.75) is 19.4 Å². The molecule has 1 unspecified atom stereocenters. The number of rotatable bonds is 5. The normalized spacial score (nSPS) is 11.7. The lowest BCUT2D eigenvalue weighted by Crippen LogP contribution is -2.31. The van der Waals surface area contributed by atoms with Crippen LogP contribution in [-0.4, -0.2) is 27.3 Å². The van der Waals surface area contributed by atoms with E-state index in [1.807, 2.05) is 6.92 Å². The number of aliphatic carboxylic acids is 1. The van der Waals surface area contributed by atoms with Gasteiger partial charge in [-0.05, 0) is 24.6 Å². The monoisotopic (exact) mass is 288 g/mol. The van der Waals surface area contributed by atoms with Gasteiger partial charge in [-0.15, -0.1) is 0 Å². The van der Waals surface area contributed by atoms with E-state index in [2.05, 4.69) is 20.8 Å². The Morgan fingerprint density at radius 3 is 2.90 bits per heavy atom. The SMILES string of the molecule is CC(NC(=O)Nc1cccc(CC(=O)O)c1)c1cn[nH]c1. The van der Waals surface area contributed by atoms with Crippen molar-refractivity contribution in [1.82, 2.24) is 15.5 Å². The van der Waals surface area contributed by atoms with E-state index >= 15 is 0 Å². The molecule has 2 rings (SSSR count). The summed E-state index contributed by atoms with van der Waals surface area (Å²) in [6.45, 7) is 1.84. The van der Waals surface area contributed by atoms with Crippen LogP contribution < -0.4 is 10.6 Å². The standard InChI is InChI=1S/C14H16N4O3/c1-9(11-7-15-16-8-11)17-14(21)18-12-4-2-3-10(5-12)6-13(19)20/h2-5,7-9H,6H2,1H3,(H,15,16)(H,19,20)(H2,17,18,21). The highest BCUT2D eigenvalue weighted by atomic mass is 16.4. The number of carbonyl (C=O) groups is 2. The number of urea groups is 1. The molecule has 1 atom stereocenters. The van der Waals surface area contributed by atoms with E-state index in [-0.39, 0.29) is 18.5 Å². The van der Waals surface area contributed by atoms with Gasteiger partial charge in [0, 0.05) is 17.4 Å². The molecule has 4 N–H and O–H groups in total. The molecular formula is C14H16N4O3. The highest BCUT2D eigenvalue weighted by molar-refractivity contribution is 5.89. The Kier molecular flexibility index (Phi) is 4.55. The second kappa shape index (κ2) is 6.56. The first-order chi connectivity index (χ1) is 10.0. The number of carboxylic acid groups (broad SMARTS) is 1. The van der Waals surface area contributed by atoms with Gasteiger partial charge in [-0.3, -0.25) is 9.89 Å². The molecule has 2 aromatic rings. The van der Waals surface area contributed by atoms with E-state index in [0.29, 0.717) is 11.3 Å². The smallest absolute Gasteiger partial charge is 0.319 e. The van der Waals surface area contributed by atoms with Crippen LogP contribution in [0.25, 0.3) is 0 Å². The summed E-state index contributed by atoms with van der Waals surface area (Å²) in [5.74, 6) is -0.912. The number of carboxylic acids is 1. The molecule has 0 fully saturated rings. The molecule has 2 amide bonds. The number of amides is 2. The summed E-state index contributed by atoms with van der Waals surface area (Å²) in [4.78, 5) is 22.6. The lowest BCUT2D eigenvalue weighted by Gasteiger charge is -2.13. The van der Waals surface area contributed by atoms with Crippen LogP contribution in [0.15, 0.2) is 36.7 Å². The van der Waals surface area contributed by atoms with Gasteiger partial charge in [-0.1, -0.05) is 12.1 Å². The van der Waals surface area contributed by atoms with Crippen LogP contribution in [0.1, 0.15) is 24.1 Å². The molecule has 0 saturated heterocycles. The first-order valence-electron chi connectivity index (χ1n) is 6.41. The Morgan fingerprint density at radius 2 is 2.24 bits per heavy atom. The molecule has 1 aromatic heterocycles. The Balaban J connectivity index is 1.94. The summed E-state index contributed by atoms with van der Waals surface area (Å²) in [5.41, 5.74) is 2.04. The highest BCUT2D eigenvalue weighted by Gasteiger charge is 2.10. The third-order valence-corrected chi connectivity index (χ3v) is 2.91. The van der Waals surface area contributed by atoms with E-state index in [1.165, 1.54) is 0 Å². The van der Waals surface area contributed by atoms with Crippen molar-refractivity contribution in [2.75, 3.05) is 5.32 Å². The molecule has 1 heterocycles. The molecule has 0 saturated carbocycles. The molecule has 0 radical (unpaired) electrons. The Morgan fingerprint density at radius 1 is 1.43 bits per heavy atom. The van der Waals surface area contributed by atoms with E-state index in [0.717, 1.165) is 5.56 Å². The van der Waals surface area contributed by atoms with Crippen molar-refractivity contribution in [1.29, 1.82) is 0 Å². The number of aromatic nitrogens is 2.